The van der Waals surface area contributed by atoms with E-state index >= 15 is 0 Å². The Kier molecular flexibility index (Phi) is 5.32. The lowest BCUT2D eigenvalue weighted by Gasteiger charge is -2.33. The summed E-state index contributed by atoms with van der Waals surface area (Å²) in [6.45, 7) is 0. The SMILES string of the molecule is C1=CC2CCCCC2C(c2ccc(Nc3ccc(-c4cccc5ccccc45)cc3)cc2)=C1. The minimum absolute atomic E-state index is 0.698. The Morgan fingerprint density at radius 1 is 0.636 bits per heavy atom. The van der Waals surface area contributed by atoms with Crippen LogP contribution in [0.4, 0.5) is 11.4 Å². The molecular formula is C32H29N. The first kappa shape index (κ1) is 20.1. The molecule has 0 heterocycles. The van der Waals surface area contributed by atoms with Crippen LogP contribution >= 0.6 is 0 Å². The molecule has 0 spiro atoms. The molecule has 0 aliphatic heterocycles. The zero-order chi connectivity index (χ0) is 22.0. The highest BCUT2D eigenvalue weighted by Gasteiger charge is 2.28. The second-order valence-electron chi connectivity index (χ2n) is 9.37. The van der Waals surface area contributed by atoms with Gasteiger partial charge in [0.15, 0.2) is 0 Å². The molecule has 0 saturated heterocycles. The summed E-state index contributed by atoms with van der Waals surface area (Å²) in [6.07, 6.45) is 12.4. The first-order valence-electron chi connectivity index (χ1n) is 12.2. The normalized spacial score (nSPS) is 19.7. The Morgan fingerprint density at radius 3 is 2.15 bits per heavy atom. The van der Waals surface area contributed by atoms with Gasteiger partial charge in [0.25, 0.3) is 0 Å². The van der Waals surface area contributed by atoms with Crippen molar-refractivity contribution in [3.05, 3.63) is 115 Å². The van der Waals surface area contributed by atoms with Crippen LogP contribution in [0.25, 0.3) is 27.5 Å². The predicted octanol–water partition coefficient (Wildman–Crippen LogP) is 9.01. The third kappa shape index (κ3) is 4.00. The van der Waals surface area contributed by atoms with Crippen LogP contribution in [0, 0.1) is 11.8 Å². The third-order valence-corrected chi connectivity index (χ3v) is 7.35. The molecule has 162 valence electrons. The van der Waals surface area contributed by atoms with E-state index in [1.54, 1.807) is 0 Å². The maximum Gasteiger partial charge on any atom is 0.0384 e. The lowest BCUT2D eigenvalue weighted by Crippen LogP contribution is -2.20. The Labute approximate surface area is 196 Å². The smallest absolute Gasteiger partial charge is 0.0384 e. The summed E-state index contributed by atoms with van der Waals surface area (Å²) in [4.78, 5) is 0. The first-order valence-corrected chi connectivity index (χ1v) is 12.2. The highest BCUT2D eigenvalue weighted by molar-refractivity contribution is 5.96. The van der Waals surface area contributed by atoms with Gasteiger partial charge in [0.2, 0.25) is 0 Å². The van der Waals surface area contributed by atoms with Crippen molar-refractivity contribution in [1.82, 2.24) is 0 Å². The predicted molar refractivity (Wildman–Crippen MR) is 142 cm³/mol. The van der Waals surface area contributed by atoms with Crippen molar-refractivity contribution < 1.29 is 0 Å². The standard InChI is InChI=1S/C32H29N/c1-3-11-29-23(7-1)9-5-13-31(29)25-15-19-27(20-16-25)33-28-21-17-26(18-22-28)32-14-6-10-24-8-2-4-12-30(24)32/h1,3,5-7,9-11,13-22,24,30,33H,2,4,8,12H2. The Balaban J connectivity index is 1.19. The average Bonchev–Trinajstić information content (AvgIpc) is 2.89. The Morgan fingerprint density at radius 2 is 1.33 bits per heavy atom. The molecule has 2 atom stereocenters. The van der Waals surface area contributed by atoms with Crippen molar-refractivity contribution in [1.29, 1.82) is 0 Å². The lowest BCUT2D eigenvalue weighted by atomic mass is 9.71. The van der Waals surface area contributed by atoms with Crippen molar-refractivity contribution >= 4 is 27.7 Å². The molecule has 4 aromatic rings. The van der Waals surface area contributed by atoms with Gasteiger partial charge in [-0.2, -0.15) is 0 Å². The summed E-state index contributed by atoms with van der Waals surface area (Å²) in [7, 11) is 0. The van der Waals surface area contributed by atoms with Crippen LogP contribution in [0.1, 0.15) is 31.2 Å². The molecule has 0 amide bonds. The molecule has 4 aromatic carbocycles. The van der Waals surface area contributed by atoms with Gasteiger partial charge < -0.3 is 5.32 Å². The van der Waals surface area contributed by atoms with E-state index in [0.717, 1.165) is 17.3 Å². The van der Waals surface area contributed by atoms with Gasteiger partial charge in [-0.3, -0.25) is 0 Å². The average molecular weight is 428 g/mol. The molecule has 1 fully saturated rings. The fourth-order valence-corrected chi connectivity index (χ4v) is 5.63. The quantitative estimate of drug-likeness (QED) is 0.342. The summed E-state index contributed by atoms with van der Waals surface area (Å²) in [6, 6.07) is 32.8. The number of rotatable bonds is 4. The fraction of sp³-hybridized carbons (Fsp3) is 0.188. The van der Waals surface area contributed by atoms with Crippen LogP contribution in [0.15, 0.2) is 109 Å². The zero-order valence-corrected chi connectivity index (χ0v) is 18.9. The second-order valence-corrected chi connectivity index (χ2v) is 9.37. The number of hydrogen-bond acceptors (Lipinski definition) is 1. The Hall–Kier alpha value is -3.58. The van der Waals surface area contributed by atoms with Gasteiger partial charge >= 0.3 is 0 Å². The fourth-order valence-electron chi connectivity index (χ4n) is 5.63. The van der Waals surface area contributed by atoms with Gasteiger partial charge in [-0.05, 0) is 82.0 Å². The minimum Gasteiger partial charge on any atom is -0.356 e. The number of allylic oxidation sites excluding steroid dienone is 4. The van der Waals surface area contributed by atoms with E-state index in [1.807, 2.05) is 0 Å². The van der Waals surface area contributed by atoms with Gasteiger partial charge in [0, 0.05) is 11.4 Å². The van der Waals surface area contributed by atoms with Gasteiger partial charge in [0.1, 0.15) is 0 Å². The number of benzene rings is 4. The van der Waals surface area contributed by atoms with E-state index in [-0.39, 0.29) is 0 Å². The van der Waals surface area contributed by atoms with Crippen molar-refractivity contribution in [2.24, 2.45) is 11.8 Å². The molecule has 2 unspecified atom stereocenters. The second kappa shape index (κ2) is 8.75. The van der Waals surface area contributed by atoms with Crippen molar-refractivity contribution in [3.8, 4) is 11.1 Å². The number of fused-ring (bicyclic) bond motifs is 2. The van der Waals surface area contributed by atoms with Crippen LogP contribution in [0.2, 0.25) is 0 Å². The van der Waals surface area contributed by atoms with Gasteiger partial charge in [-0.25, -0.2) is 0 Å². The van der Waals surface area contributed by atoms with E-state index in [2.05, 4.69) is 115 Å². The highest BCUT2D eigenvalue weighted by Crippen LogP contribution is 2.42. The lowest BCUT2D eigenvalue weighted by molar-refractivity contribution is 0.344. The minimum atomic E-state index is 0.698. The molecule has 2 aliphatic carbocycles. The molecule has 1 N–H and O–H groups in total. The molecule has 1 heteroatoms. The van der Waals surface area contributed by atoms with Crippen molar-refractivity contribution in [2.75, 3.05) is 5.32 Å². The molecule has 6 rings (SSSR count). The Bertz CT molecular complexity index is 1320. The zero-order valence-electron chi connectivity index (χ0n) is 18.9. The third-order valence-electron chi connectivity index (χ3n) is 7.35. The first-order chi connectivity index (χ1) is 16.3. The van der Waals surface area contributed by atoms with Crippen molar-refractivity contribution in [3.63, 3.8) is 0 Å². The molecule has 1 saturated carbocycles. The van der Waals surface area contributed by atoms with Crippen LogP contribution in [0.3, 0.4) is 0 Å². The van der Waals surface area contributed by atoms with Gasteiger partial charge in [0.05, 0.1) is 0 Å². The summed E-state index contributed by atoms with van der Waals surface area (Å²) in [5.74, 6) is 1.43. The van der Waals surface area contributed by atoms with Crippen LogP contribution in [-0.2, 0) is 0 Å². The summed E-state index contributed by atoms with van der Waals surface area (Å²) >= 11 is 0. The van der Waals surface area contributed by atoms with E-state index < -0.39 is 0 Å². The molecule has 0 radical (unpaired) electrons. The summed E-state index contributed by atoms with van der Waals surface area (Å²) in [5, 5.41) is 6.15. The molecule has 0 aromatic heterocycles. The number of hydrogen-bond donors (Lipinski definition) is 1. The van der Waals surface area contributed by atoms with Crippen LogP contribution < -0.4 is 5.32 Å². The van der Waals surface area contributed by atoms with E-state index in [4.69, 9.17) is 0 Å². The highest BCUT2D eigenvalue weighted by atomic mass is 14.9. The molecular weight excluding hydrogens is 398 g/mol. The van der Waals surface area contributed by atoms with Crippen LogP contribution in [-0.4, -0.2) is 0 Å². The van der Waals surface area contributed by atoms with E-state index in [9.17, 15) is 0 Å². The summed E-state index contributed by atoms with van der Waals surface area (Å²) < 4.78 is 0. The number of nitrogens with one attached hydrogen (secondary N) is 1. The van der Waals surface area contributed by atoms with E-state index in [0.29, 0.717) is 5.92 Å². The van der Waals surface area contributed by atoms with Gasteiger partial charge in [-0.15, -0.1) is 0 Å². The van der Waals surface area contributed by atoms with Crippen LogP contribution in [0.5, 0.6) is 0 Å². The van der Waals surface area contributed by atoms with E-state index in [1.165, 1.54) is 58.7 Å². The summed E-state index contributed by atoms with van der Waals surface area (Å²) in [5.41, 5.74) is 7.65. The monoisotopic (exact) mass is 427 g/mol. The maximum absolute atomic E-state index is 3.57. The molecule has 33 heavy (non-hydrogen) atoms. The molecule has 1 nitrogen and oxygen atoms in total. The molecule has 0 bridgehead atoms. The number of anilines is 2. The van der Waals surface area contributed by atoms with Crippen molar-refractivity contribution in [2.45, 2.75) is 25.7 Å². The maximum atomic E-state index is 3.57. The topological polar surface area (TPSA) is 12.0 Å². The largest absolute Gasteiger partial charge is 0.356 e. The van der Waals surface area contributed by atoms with Gasteiger partial charge in [-0.1, -0.05) is 97.8 Å². The molecule has 2 aliphatic rings.